The highest BCUT2D eigenvalue weighted by molar-refractivity contribution is 7.16. The predicted octanol–water partition coefficient (Wildman–Crippen LogP) is 2.16. The quantitative estimate of drug-likeness (QED) is 0.603. The van der Waals surface area contributed by atoms with E-state index in [0.717, 1.165) is 17.4 Å². The second-order valence-corrected chi connectivity index (χ2v) is 5.02. The molecular formula is C9H14ClN3S. The molecule has 78 valence electrons. The molecule has 3 N–H and O–H groups in total. The molecule has 0 radical (unpaired) electrons. The van der Waals surface area contributed by atoms with Crippen LogP contribution in [0.15, 0.2) is 12.1 Å². The second kappa shape index (κ2) is 5.34. The fourth-order valence-corrected chi connectivity index (χ4v) is 2.26. The van der Waals surface area contributed by atoms with Crippen molar-refractivity contribution in [2.24, 2.45) is 5.73 Å². The Bertz CT molecular complexity index is 311. The number of rotatable bonds is 5. The molecule has 0 atom stereocenters. The fourth-order valence-electron chi connectivity index (χ4n) is 1.09. The summed E-state index contributed by atoms with van der Waals surface area (Å²) < 4.78 is 0.819. The van der Waals surface area contributed by atoms with Gasteiger partial charge in [0, 0.05) is 24.4 Å². The third-order valence-corrected chi connectivity index (χ3v) is 3.03. The van der Waals surface area contributed by atoms with Crippen LogP contribution in [0.5, 0.6) is 0 Å². The molecule has 5 heteroatoms. The number of hydrogen-bond acceptors (Lipinski definition) is 3. The molecule has 0 unspecified atom stereocenters. The van der Waals surface area contributed by atoms with Crippen LogP contribution in [0.1, 0.15) is 11.3 Å². The van der Waals surface area contributed by atoms with Crippen molar-refractivity contribution in [2.75, 3.05) is 13.6 Å². The Morgan fingerprint density at radius 3 is 2.86 bits per heavy atom. The van der Waals surface area contributed by atoms with Gasteiger partial charge in [0.2, 0.25) is 0 Å². The van der Waals surface area contributed by atoms with Crippen LogP contribution in [0.25, 0.3) is 0 Å². The van der Waals surface area contributed by atoms with Crippen LogP contribution in [0.3, 0.4) is 0 Å². The lowest BCUT2D eigenvalue weighted by Gasteiger charge is -2.14. The molecule has 1 rings (SSSR count). The maximum Gasteiger partial charge on any atom is 0.0931 e. The number of nitrogens with zero attached hydrogens (tertiary/aromatic N) is 1. The third kappa shape index (κ3) is 4.09. The summed E-state index contributed by atoms with van der Waals surface area (Å²) in [5.41, 5.74) is 5.28. The first-order chi connectivity index (χ1) is 6.58. The molecule has 0 aliphatic rings. The average Bonchev–Trinajstić information content (AvgIpc) is 2.48. The highest BCUT2D eigenvalue weighted by Gasteiger charge is 2.03. The molecule has 0 aliphatic heterocycles. The SMILES string of the molecule is CN(CCC(=N)N)Cc1ccc(Cl)s1. The van der Waals surface area contributed by atoms with Gasteiger partial charge in [0.05, 0.1) is 10.2 Å². The Balaban J connectivity index is 2.33. The van der Waals surface area contributed by atoms with Crippen LogP contribution in [-0.2, 0) is 6.54 Å². The number of amidine groups is 1. The Morgan fingerprint density at radius 2 is 2.36 bits per heavy atom. The van der Waals surface area contributed by atoms with E-state index in [9.17, 15) is 0 Å². The summed E-state index contributed by atoms with van der Waals surface area (Å²) in [6.45, 7) is 1.68. The van der Waals surface area contributed by atoms with Gasteiger partial charge < -0.3 is 10.6 Å². The van der Waals surface area contributed by atoms with Gasteiger partial charge in [0.1, 0.15) is 0 Å². The number of nitrogens with two attached hydrogens (primary N) is 1. The van der Waals surface area contributed by atoms with E-state index in [1.807, 2.05) is 19.2 Å². The van der Waals surface area contributed by atoms with Gasteiger partial charge in [0.25, 0.3) is 0 Å². The summed E-state index contributed by atoms with van der Waals surface area (Å²) in [5, 5.41) is 7.10. The lowest BCUT2D eigenvalue weighted by Crippen LogP contribution is -2.23. The van der Waals surface area contributed by atoms with Gasteiger partial charge >= 0.3 is 0 Å². The van der Waals surface area contributed by atoms with Crippen LogP contribution >= 0.6 is 22.9 Å². The summed E-state index contributed by atoms with van der Waals surface area (Å²) in [6.07, 6.45) is 0.621. The summed E-state index contributed by atoms with van der Waals surface area (Å²) in [4.78, 5) is 3.37. The van der Waals surface area contributed by atoms with Crippen molar-refractivity contribution in [1.29, 1.82) is 5.41 Å². The van der Waals surface area contributed by atoms with Gasteiger partial charge in [-0.2, -0.15) is 0 Å². The van der Waals surface area contributed by atoms with Crippen molar-refractivity contribution < 1.29 is 0 Å². The topological polar surface area (TPSA) is 53.1 Å². The molecule has 14 heavy (non-hydrogen) atoms. The number of nitrogens with one attached hydrogen (secondary N) is 1. The minimum atomic E-state index is 0.237. The summed E-state index contributed by atoms with van der Waals surface area (Å²) in [6, 6.07) is 3.93. The standard InChI is InChI=1S/C9H14ClN3S/c1-13(5-4-9(11)12)6-7-2-3-8(10)14-7/h2-3H,4-6H2,1H3,(H3,11,12). The molecule has 0 amide bonds. The Hall–Kier alpha value is -0.580. The van der Waals surface area contributed by atoms with E-state index in [0.29, 0.717) is 6.42 Å². The molecule has 0 bridgehead atoms. The molecule has 1 aromatic heterocycles. The van der Waals surface area contributed by atoms with Crippen LogP contribution in [0, 0.1) is 5.41 Å². The molecule has 0 fully saturated rings. The molecule has 1 heterocycles. The van der Waals surface area contributed by atoms with E-state index < -0.39 is 0 Å². The smallest absolute Gasteiger partial charge is 0.0931 e. The molecule has 0 spiro atoms. The lowest BCUT2D eigenvalue weighted by atomic mass is 10.3. The van der Waals surface area contributed by atoms with Gasteiger partial charge in [-0.1, -0.05) is 11.6 Å². The molecule has 0 aromatic carbocycles. The van der Waals surface area contributed by atoms with Crippen molar-refractivity contribution in [3.8, 4) is 0 Å². The maximum absolute atomic E-state index is 7.10. The van der Waals surface area contributed by atoms with Gasteiger partial charge in [-0.25, -0.2) is 0 Å². The summed E-state index contributed by atoms with van der Waals surface area (Å²) in [7, 11) is 2.01. The van der Waals surface area contributed by atoms with Crippen LogP contribution < -0.4 is 5.73 Å². The average molecular weight is 232 g/mol. The van der Waals surface area contributed by atoms with E-state index in [-0.39, 0.29) is 5.84 Å². The van der Waals surface area contributed by atoms with E-state index in [1.165, 1.54) is 4.88 Å². The predicted molar refractivity (Wildman–Crippen MR) is 62.2 cm³/mol. The number of hydrogen-bond donors (Lipinski definition) is 2. The van der Waals surface area contributed by atoms with Crippen molar-refractivity contribution in [1.82, 2.24) is 4.90 Å². The highest BCUT2D eigenvalue weighted by atomic mass is 35.5. The van der Waals surface area contributed by atoms with Gasteiger partial charge in [0.15, 0.2) is 0 Å². The normalized spacial score (nSPS) is 10.8. The lowest BCUT2D eigenvalue weighted by molar-refractivity contribution is 0.339. The van der Waals surface area contributed by atoms with Crippen molar-refractivity contribution in [3.63, 3.8) is 0 Å². The first kappa shape index (κ1) is 11.5. The largest absolute Gasteiger partial charge is 0.388 e. The second-order valence-electron chi connectivity index (χ2n) is 3.22. The first-order valence-electron chi connectivity index (χ1n) is 4.33. The fraction of sp³-hybridized carbons (Fsp3) is 0.444. The molecule has 1 aromatic rings. The highest BCUT2D eigenvalue weighted by Crippen LogP contribution is 2.22. The molecular weight excluding hydrogens is 218 g/mol. The molecule has 0 saturated carbocycles. The van der Waals surface area contributed by atoms with Crippen molar-refractivity contribution in [2.45, 2.75) is 13.0 Å². The monoisotopic (exact) mass is 231 g/mol. The molecule has 3 nitrogen and oxygen atoms in total. The maximum atomic E-state index is 7.10. The van der Waals surface area contributed by atoms with E-state index >= 15 is 0 Å². The number of thiophene rings is 1. The minimum Gasteiger partial charge on any atom is -0.388 e. The van der Waals surface area contributed by atoms with E-state index in [2.05, 4.69) is 4.90 Å². The number of halogens is 1. The van der Waals surface area contributed by atoms with Gasteiger partial charge in [-0.3, -0.25) is 5.41 Å². The third-order valence-electron chi connectivity index (χ3n) is 1.82. The Kier molecular flexibility index (Phi) is 4.38. The van der Waals surface area contributed by atoms with Crippen molar-refractivity contribution in [3.05, 3.63) is 21.3 Å². The molecule has 0 saturated heterocycles. The minimum absolute atomic E-state index is 0.237. The zero-order valence-electron chi connectivity index (χ0n) is 8.09. The first-order valence-corrected chi connectivity index (χ1v) is 5.53. The Labute approximate surface area is 93.0 Å². The summed E-state index contributed by atoms with van der Waals surface area (Å²) >= 11 is 7.41. The van der Waals surface area contributed by atoms with Gasteiger partial charge in [-0.15, -0.1) is 11.3 Å². The van der Waals surface area contributed by atoms with Crippen LogP contribution in [-0.4, -0.2) is 24.3 Å². The summed E-state index contributed by atoms with van der Waals surface area (Å²) in [5.74, 6) is 0.237. The van der Waals surface area contributed by atoms with Gasteiger partial charge in [-0.05, 0) is 19.2 Å². The van der Waals surface area contributed by atoms with E-state index in [4.69, 9.17) is 22.7 Å². The van der Waals surface area contributed by atoms with Crippen LogP contribution in [0.4, 0.5) is 0 Å². The van der Waals surface area contributed by atoms with Crippen LogP contribution in [0.2, 0.25) is 4.34 Å². The zero-order chi connectivity index (χ0) is 10.6. The zero-order valence-corrected chi connectivity index (χ0v) is 9.66. The van der Waals surface area contributed by atoms with Crippen molar-refractivity contribution >= 4 is 28.8 Å². The Morgan fingerprint density at radius 1 is 1.64 bits per heavy atom. The van der Waals surface area contributed by atoms with E-state index in [1.54, 1.807) is 11.3 Å². The molecule has 0 aliphatic carbocycles.